The highest BCUT2D eigenvalue weighted by Crippen LogP contribution is 2.13. The predicted octanol–water partition coefficient (Wildman–Crippen LogP) is 2.06. The molecule has 0 aliphatic heterocycles. The average Bonchev–Trinajstić information content (AvgIpc) is 2.22. The van der Waals surface area contributed by atoms with Crippen LogP contribution in [-0.4, -0.2) is 11.9 Å². The van der Waals surface area contributed by atoms with Gasteiger partial charge in [-0.15, -0.1) is 12.4 Å². The maximum atomic E-state index is 12.8. The predicted molar refractivity (Wildman–Crippen MR) is 60.5 cm³/mol. The molecule has 0 bridgehead atoms. The van der Waals surface area contributed by atoms with Gasteiger partial charge in [0.05, 0.1) is 6.04 Å². The van der Waals surface area contributed by atoms with Crippen LogP contribution in [0.25, 0.3) is 0 Å². The van der Waals surface area contributed by atoms with Crippen molar-refractivity contribution in [2.24, 2.45) is 5.73 Å². The van der Waals surface area contributed by atoms with Crippen LogP contribution in [0.4, 0.5) is 14.5 Å². The van der Waals surface area contributed by atoms with E-state index in [2.05, 4.69) is 5.32 Å². The van der Waals surface area contributed by atoms with Gasteiger partial charge in [-0.2, -0.15) is 0 Å². The summed E-state index contributed by atoms with van der Waals surface area (Å²) in [5.74, 6) is -2.37. The first-order valence-electron chi connectivity index (χ1n) is 4.56. The first kappa shape index (κ1) is 14.8. The maximum Gasteiger partial charge on any atom is 0.241 e. The second kappa shape index (κ2) is 6.40. The third-order valence-electron chi connectivity index (χ3n) is 1.96. The molecule has 0 spiro atoms. The molecule has 0 unspecified atom stereocenters. The summed E-state index contributed by atoms with van der Waals surface area (Å²) in [6.45, 7) is 1.76. The van der Waals surface area contributed by atoms with Gasteiger partial charge in [0.15, 0.2) is 11.6 Å². The van der Waals surface area contributed by atoms with Crippen molar-refractivity contribution < 1.29 is 13.6 Å². The first-order chi connectivity index (χ1) is 7.04. The second-order valence-electron chi connectivity index (χ2n) is 3.13. The minimum Gasteiger partial charge on any atom is -0.325 e. The van der Waals surface area contributed by atoms with Gasteiger partial charge in [-0.3, -0.25) is 4.79 Å². The number of benzene rings is 1. The summed E-state index contributed by atoms with van der Waals surface area (Å²) in [5.41, 5.74) is 5.65. The molecule has 1 aromatic carbocycles. The molecule has 0 aliphatic carbocycles. The zero-order valence-corrected chi connectivity index (χ0v) is 9.48. The molecule has 1 amide bonds. The molecule has 1 rings (SSSR count). The van der Waals surface area contributed by atoms with Crippen LogP contribution in [0, 0.1) is 11.6 Å². The van der Waals surface area contributed by atoms with E-state index in [1.165, 1.54) is 6.07 Å². The number of carbonyl (C=O) groups excluding carboxylic acids is 1. The minimum absolute atomic E-state index is 0. The smallest absolute Gasteiger partial charge is 0.241 e. The molecule has 0 saturated carbocycles. The van der Waals surface area contributed by atoms with E-state index in [1.54, 1.807) is 6.92 Å². The lowest BCUT2D eigenvalue weighted by Crippen LogP contribution is -2.34. The van der Waals surface area contributed by atoms with Crippen molar-refractivity contribution in [3.63, 3.8) is 0 Å². The molecule has 0 aliphatic rings. The Hall–Kier alpha value is -1.20. The summed E-state index contributed by atoms with van der Waals surface area (Å²) in [6.07, 6.45) is 0.482. The quantitative estimate of drug-likeness (QED) is 0.863. The van der Waals surface area contributed by atoms with E-state index >= 15 is 0 Å². The van der Waals surface area contributed by atoms with E-state index in [4.69, 9.17) is 5.73 Å². The van der Waals surface area contributed by atoms with Gasteiger partial charge in [0.25, 0.3) is 0 Å². The molecule has 0 aromatic heterocycles. The number of nitrogens with two attached hydrogens (primary N) is 1. The molecular weight excluding hydrogens is 238 g/mol. The molecule has 3 N–H and O–H groups in total. The van der Waals surface area contributed by atoms with E-state index in [-0.39, 0.29) is 18.1 Å². The van der Waals surface area contributed by atoms with E-state index in [1.807, 2.05) is 0 Å². The lowest BCUT2D eigenvalue weighted by atomic mass is 10.2. The number of amides is 1. The van der Waals surface area contributed by atoms with Gasteiger partial charge in [-0.05, 0) is 18.6 Å². The highest BCUT2D eigenvalue weighted by molar-refractivity contribution is 5.94. The number of carbonyl (C=O) groups is 1. The van der Waals surface area contributed by atoms with Gasteiger partial charge in [0.2, 0.25) is 5.91 Å². The Labute approximate surface area is 98.4 Å². The van der Waals surface area contributed by atoms with Crippen LogP contribution >= 0.6 is 12.4 Å². The number of halogens is 3. The zero-order valence-electron chi connectivity index (χ0n) is 8.67. The van der Waals surface area contributed by atoms with Gasteiger partial charge in [-0.1, -0.05) is 6.92 Å². The fourth-order valence-electron chi connectivity index (χ4n) is 0.994. The average molecular weight is 251 g/mol. The van der Waals surface area contributed by atoms with Crippen molar-refractivity contribution in [2.45, 2.75) is 19.4 Å². The van der Waals surface area contributed by atoms with E-state index in [9.17, 15) is 13.6 Å². The molecule has 1 aromatic rings. The number of anilines is 1. The highest BCUT2D eigenvalue weighted by Gasteiger charge is 2.11. The van der Waals surface area contributed by atoms with Crippen molar-refractivity contribution >= 4 is 24.0 Å². The first-order valence-corrected chi connectivity index (χ1v) is 4.56. The van der Waals surface area contributed by atoms with Crippen LogP contribution < -0.4 is 11.1 Å². The van der Waals surface area contributed by atoms with Crippen LogP contribution in [-0.2, 0) is 4.79 Å². The van der Waals surface area contributed by atoms with Crippen molar-refractivity contribution in [3.05, 3.63) is 29.8 Å². The molecule has 0 heterocycles. The Morgan fingerprint density at radius 1 is 1.44 bits per heavy atom. The van der Waals surface area contributed by atoms with Gasteiger partial charge >= 0.3 is 0 Å². The third kappa shape index (κ3) is 3.75. The second-order valence-corrected chi connectivity index (χ2v) is 3.13. The Balaban J connectivity index is 0.00000225. The molecule has 0 saturated heterocycles. The largest absolute Gasteiger partial charge is 0.325 e. The summed E-state index contributed by atoms with van der Waals surface area (Å²) in [4.78, 5) is 11.3. The van der Waals surface area contributed by atoms with Crippen LogP contribution in [0.15, 0.2) is 18.2 Å². The van der Waals surface area contributed by atoms with Crippen LogP contribution in [0.3, 0.4) is 0 Å². The molecule has 90 valence electrons. The van der Waals surface area contributed by atoms with Gasteiger partial charge in [-0.25, -0.2) is 8.78 Å². The van der Waals surface area contributed by atoms with E-state index in [0.29, 0.717) is 6.42 Å². The Morgan fingerprint density at radius 2 is 2.06 bits per heavy atom. The number of hydrogen-bond acceptors (Lipinski definition) is 2. The number of rotatable bonds is 3. The van der Waals surface area contributed by atoms with E-state index in [0.717, 1.165) is 12.1 Å². The summed E-state index contributed by atoms with van der Waals surface area (Å²) in [7, 11) is 0. The zero-order chi connectivity index (χ0) is 11.4. The minimum atomic E-state index is -1.00. The standard InChI is InChI=1S/C10H12F2N2O.ClH/c1-2-9(13)10(15)14-6-3-4-7(11)8(12)5-6;/h3-5,9H,2,13H2,1H3,(H,14,15);1H/t9-;/m0./s1. The van der Waals surface area contributed by atoms with Crippen LogP contribution in [0.1, 0.15) is 13.3 Å². The number of hydrogen-bond donors (Lipinski definition) is 2. The number of nitrogens with one attached hydrogen (secondary N) is 1. The maximum absolute atomic E-state index is 12.8. The highest BCUT2D eigenvalue weighted by atomic mass is 35.5. The van der Waals surface area contributed by atoms with Crippen molar-refractivity contribution in [1.82, 2.24) is 0 Å². The molecular formula is C10H13ClF2N2O. The van der Waals surface area contributed by atoms with Crippen molar-refractivity contribution in [2.75, 3.05) is 5.32 Å². The lowest BCUT2D eigenvalue weighted by molar-refractivity contribution is -0.117. The van der Waals surface area contributed by atoms with Gasteiger partial charge in [0.1, 0.15) is 0 Å². The van der Waals surface area contributed by atoms with Crippen molar-refractivity contribution in [1.29, 1.82) is 0 Å². The molecule has 6 heteroatoms. The molecule has 16 heavy (non-hydrogen) atoms. The summed E-state index contributed by atoms with van der Waals surface area (Å²) in [6, 6.07) is 2.50. The topological polar surface area (TPSA) is 55.1 Å². The third-order valence-corrected chi connectivity index (χ3v) is 1.96. The summed E-state index contributed by atoms with van der Waals surface area (Å²) < 4.78 is 25.3. The van der Waals surface area contributed by atoms with Crippen LogP contribution in [0.5, 0.6) is 0 Å². The Morgan fingerprint density at radius 3 is 2.56 bits per heavy atom. The molecule has 1 atom stereocenters. The summed E-state index contributed by atoms with van der Waals surface area (Å²) >= 11 is 0. The summed E-state index contributed by atoms with van der Waals surface area (Å²) in [5, 5.41) is 2.39. The molecule has 0 radical (unpaired) electrons. The molecule has 3 nitrogen and oxygen atoms in total. The normalized spacial score (nSPS) is 11.5. The monoisotopic (exact) mass is 250 g/mol. The van der Waals surface area contributed by atoms with Gasteiger partial charge in [0, 0.05) is 11.8 Å². The SMILES string of the molecule is CC[C@H](N)C(=O)Nc1ccc(F)c(F)c1.Cl. The Kier molecular flexibility index (Phi) is 5.92. The van der Waals surface area contributed by atoms with Gasteiger partial charge < -0.3 is 11.1 Å². The van der Waals surface area contributed by atoms with Crippen LogP contribution in [0.2, 0.25) is 0 Å². The Bertz CT molecular complexity index is 374. The fourth-order valence-corrected chi connectivity index (χ4v) is 0.994. The van der Waals surface area contributed by atoms with Crippen molar-refractivity contribution in [3.8, 4) is 0 Å². The molecule has 0 fully saturated rings. The fraction of sp³-hybridized carbons (Fsp3) is 0.300. The van der Waals surface area contributed by atoms with E-state index < -0.39 is 23.6 Å². The lowest BCUT2D eigenvalue weighted by Gasteiger charge is -2.09.